The molecule has 30 heavy (non-hydrogen) atoms. The standard InChI is InChI=1S/C23H28N6O/c1-16-8-6-7-9-17(16)19-20(29-12-13-30-22(29)27-19)18-10-11-24-21(26-18)25-14-23(2,3)15-28(4)5/h6-13H,14-15H2,1-5H3,(H,24,25,26). The van der Waals surface area contributed by atoms with Gasteiger partial charge in [-0.15, -0.1) is 0 Å². The molecule has 3 aromatic heterocycles. The van der Waals surface area contributed by atoms with E-state index in [0.29, 0.717) is 11.8 Å². The molecule has 7 heteroatoms. The average molecular weight is 405 g/mol. The van der Waals surface area contributed by atoms with Crippen LogP contribution in [0.2, 0.25) is 0 Å². The minimum atomic E-state index is 0.0869. The van der Waals surface area contributed by atoms with Crippen molar-refractivity contribution in [1.29, 1.82) is 0 Å². The minimum absolute atomic E-state index is 0.0869. The van der Waals surface area contributed by atoms with Crippen molar-refractivity contribution in [2.24, 2.45) is 5.41 Å². The van der Waals surface area contributed by atoms with Crippen molar-refractivity contribution < 1.29 is 4.42 Å². The molecule has 0 saturated carbocycles. The summed E-state index contributed by atoms with van der Waals surface area (Å²) < 4.78 is 7.50. The first kappa shape index (κ1) is 20.1. The Bertz CT molecular complexity index is 1160. The number of imidazole rings is 1. The highest BCUT2D eigenvalue weighted by Crippen LogP contribution is 2.34. The van der Waals surface area contributed by atoms with Gasteiger partial charge in [-0.2, -0.15) is 4.98 Å². The molecule has 3 heterocycles. The molecule has 156 valence electrons. The maximum Gasteiger partial charge on any atom is 0.306 e. The molecule has 0 aliphatic heterocycles. The third kappa shape index (κ3) is 4.07. The number of nitrogens with one attached hydrogen (secondary N) is 1. The van der Waals surface area contributed by atoms with E-state index in [0.717, 1.165) is 41.3 Å². The zero-order chi connectivity index (χ0) is 21.3. The lowest BCUT2D eigenvalue weighted by molar-refractivity contribution is 0.254. The van der Waals surface area contributed by atoms with Crippen LogP contribution in [0.3, 0.4) is 0 Å². The second kappa shape index (κ2) is 7.91. The number of fused-ring (bicyclic) bond motifs is 1. The van der Waals surface area contributed by atoms with Crippen LogP contribution in [-0.2, 0) is 0 Å². The first-order valence-corrected chi connectivity index (χ1v) is 10.1. The molecular formula is C23H28N6O. The van der Waals surface area contributed by atoms with Gasteiger partial charge in [0.15, 0.2) is 0 Å². The molecule has 0 amide bonds. The number of oxazole rings is 1. The summed E-state index contributed by atoms with van der Waals surface area (Å²) >= 11 is 0. The third-order valence-corrected chi connectivity index (χ3v) is 5.03. The first-order chi connectivity index (χ1) is 14.3. The van der Waals surface area contributed by atoms with E-state index in [1.807, 2.05) is 28.8 Å². The number of rotatable bonds is 7. The minimum Gasteiger partial charge on any atom is -0.432 e. The Kier molecular flexibility index (Phi) is 5.30. The highest BCUT2D eigenvalue weighted by Gasteiger charge is 2.22. The Hall–Kier alpha value is -3.19. The van der Waals surface area contributed by atoms with Gasteiger partial charge in [0.05, 0.1) is 5.69 Å². The topological polar surface area (TPSA) is 71.5 Å². The lowest BCUT2D eigenvalue weighted by Crippen LogP contribution is -2.34. The number of anilines is 1. The fourth-order valence-corrected chi connectivity index (χ4v) is 3.86. The Morgan fingerprint density at radius 1 is 1.13 bits per heavy atom. The van der Waals surface area contributed by atoms with Crippen LogP contribution in [0.1, 0.15) is 19.4 Å². The van der Waals surface area contributed by atoms with Crippen LogP contribution in [0.25, 0.3) is 28.5 Å². The summed E-state index contributed by atoms with van der Waals surface area (Å²) in [5, 5.41) is 3.40. The molecule has 7 nitrogen and oxygen atoms in total. The molecule has 0 aliphatic carbocycles. The van der Waals surface area contributed by atoms with Crippen LogP contribution < -0.4 is 5.32 Å². The molecule has 0 unspecified atom stereocenters. The molecule has 0 fully saturated rings. The summed E-state index contributed by atoms with van der Waals surface area (Å²) in [6.45, 7) is 8.28. The maximum atomic E-state index is 5.57. The van der Waals surface area contributed by atoms with Gasteiger partial charge in [0, 0.05) is 31.0 Å². The molecule has 1 aromatic carbocycles. The van der Waals surface area contributed by atoms with Gasteiger partial charge in [-0.3, -0.25) is 4.40 Å². The highest BCUT2D eigenvalue weighted by molar-refractivity contribution is 5.81. The zero-order valence-corrected chi connectivity index (χ0v) is 18.2. The number of aromatic nitrogens is 4. The van der Waals surface area contributed by atoms with Gasteiger partial charge in [-0.1, -0.05) is 38.1 Å². The normalized spacial score (nSPS) is 12.1. The summed E-state index contributed by atoms with van der Waals surface area (Å²) in [4.78, 5) is 16.2. The smallest absolute Gasteiger partial charge is 0.306 e. The van der Waals surface area contributed by atoms with Crippen LogP contribution in [0.5, 0.6) is 0 Å². The number of hydrogen-bond acceptors (Lipinski definition) is 6. The molecule has 4 rings (SSSR count). The predicted molar refractivity (Wildman–Crippen MR) is 119 cm³/mol. The fourth-order valence-electron chi connectivity index (χ4n) is 3.86. The number of benzene rings is 1. The van der Waals surface area contributed by atoms with E-state index in [2.05, 4.69) is 62.2 Å². The number of hydrogen-bond donors (Lipinski definition) is 1. The van der Waals surface area contributed by atoms with Gasteiger partial charge in [0.1, 0.15) is 17.7 Å². The SMILES string of the molecule is Cc1ccccc1-c1nc2occn2c1-c1ccnc(NCC(C)(C)CN(C)C)n1. The summed E-state index contributed by atoms with van der Waals surface area (Å²) in [6, 6.07) is 10.1. The molecule has 0 radical (unpaired) electrons. The quantitative estimate of drug-likeness (QED) is 0.493. The van der Waals surface area contributed by atoms with E-state index in [1.54, 1.807) is 12.5 Å². The highest BCUT2D eigenvalue weighted by atomic mass is 16.3. The van der Waals surface area contributed by atoms with Crippen molar-refractivity contribution in [1.82, 2.24) is 24.3 Å². The molecule has 4 aromatic rings. The van der Waals surface area contributed by atoms with Gasteiger partial charge in [-0.05, 0) is 38.1 Å². The van der Waals surface area contributed by atoms with Gasteiger partial charge >= 0.3 is 5.84 Å². The summed E-state index contributed by atoms with van der Waals surface area (Å²) in [5.41, 5.74) is 4.84. The second-order valence-electron chi connectivity index (χ2n) is 8.70. The third-order valence-electron chi connectivity index (χ3n) is 5.03. The van der Waals surface area contributed by atoms with E-state index in [9.17, 15) is 0 Å². The van der Waals surface area contributed by atoms with Crippen LogP contribution in [0.4, 0.5) is 5.95 Å². The number of aryl methyl sites for hydroxylation is 1. The summed E-state index contributed by atoms with van der Waals surface area (Å²) in [7, 11) is 4.17. The van der Waals surface area contributed by atoms with Crippen molar-refractivity contribution in [2.75, 3.05) is 32.5 Å². The molecular weight excluding hydrogens is 376 g/mol. The van der Waals surface area contributed by atoms with E-state index in [4.69, 9.17) is 14.4 Å². The van der Waals surface area contributed by atoms with Crippen molar-refractivity contribution in [3.63, 3.8) is 0 Å². The second-order valence-corrected chi connectivity index (χ2v) is 8.70. The maximum absolute atomic E-state index is 5.57. The first-order valence-electron chi connectivity index (χ1n) is 10.1. The van der Waals surface area contributed by atoms with Crippen molar-refractivity contribution in [2.45, 2.75) is 20.8 Å². The van der Waals surface area contributed by atoms with Crippen LogP contribution in [0, 0.1) is 12.3 Å². The van der Waals surface area contributed by atoms with E-state index in [-0.39, 0.29) is 5.41 Å². The molecule has 0 aliphatic rings. The molecule has 0 spiro atoms. The summed E-state index contributed by atoms with van der Waals surface area (Å²) in [6.07, 6.45) is 5.29. The van der Waals surface area contributed by atoms with Crippen LogP contribution in [-0.4, -0.2) is 51.4 Å². The van der Waals surface area contributed by atoms with E-state index < -0.39 is 0 Å². The van der Waals surface area contributed by atoms with E-state index >= 15 is 0 Å². The zero-order valence-electron chi connectivity index (χ0n) is 18.2. The lowest BCUT2D eigenvalue weighted by Gasteiger charge is -2.28. The Labute approximate surface area is 176 Å². The molecule has 1 N–H and O–H groups in total. The predicted octanol–water partition coefficient (Wildman–Crippen LogP) is 4.36. The number of nitrogens with zero attached hydrogens (tertiary/aromatic N) is 5. The largest absolute Gasteiger partial charge is 0.432 e. The lowest BCUT2D eigenvalue weighted by atomic mass is 9.93. The fraction of sp³-hybridized carbons (Fsp3) is 0.348. The Morgan fingerprint density at radius 2 is 1.93 bits per heavy atom. The van der Waals surface area contributed by atoms with Crippen molar-refractivity contribution in [3.05, 3.63) is 54.6 Å². The molecule has 0 bridgehead atoms. The van der Waals surface area contributed by atoms with Gasteiger partial charge < -0.3 is 14.6 Å². The average Bonchev–Trinajstić information content (AvgIpc) is 3.27. The van der Waals surface area contributed by atoms with Crippen LogP contribution in [0.15, 0.2) is 53.4 Å². The monoisotopic (exact) mass is 404 g/mol. The Morgan fingerprint density at radius 3 is 2.70 bits per heavy atom. The van der Waals surface area contributed by atoms with Gasteiger partial charge in [-0.25, -0.2) is 9.97 Å². The van der Waals surface area contributed by atoms with Gasteiger partial charge in [0.25, 0.3) is 0 Å². The van der Waals surface area contributed by atoms with Crippen LogP contribution >= 0.6 is 0 Å². The van der Waals surface area contributed by atoms with Gasteiger partial charge in [0.2, 0.25) is 5.95 Å². The molecule has 0 saturated heterocycles. The van der Waals surface area contributed by atoms with Crippen molar-refractivity contribution >= 4 is 11.8 Å². The Balaban J connectivity index is 1.71. The van der Waals surface area contributed by atoms with E-state index in [1.165, 1.54) is 0 Å². The van der Waals surface area contributed by atoms with Crippen molar-refractivity contribution in [3.8, 4) is 22.6 Å². The molecule has 0 atom stereocenters. The summed E-state index contributed by atoms with van der Waals surface area (Å²) in [5.74, 6) is 1.15.